The number of aryl methyl sites for hydroxylation is 1. The van der Waals surface area contributed by atoms with Crippen molar-refractivity contribution in [2.24, 2.45) is 14.1 Å². The minimum Gasteiger partial charge on any atom is -0.321 e. The Bertz CT molecular complexity index is 747. The summed E-state index contributed by atoms with van der Waals surface area (Å²) in [6.45, 7) is 2.20. The number of nitrogens with zero attached hydrogens (tertiary/aromatic N) is 4. The second kappa shape index (κ2) is 4.45. The van der Waals surface area contributed by atoms with Crippen molar-refractivity contribution in [3.05, 3.63) is 38.3 Å². The molecule has 18 heavy (non-hydrogen) atoms. The molecular formula is C11H13ClN4O2. The molecular weight excluding hydrogens is 256 g/mol. The topological polar surface area (TPSA) is 61.8 Å². The van der Waals surface area contributed by atoms with E-state index in [4.69, 9.17) is 11.6 Å². The Morgan fingerprint density at radius 1 is 1.39 bits per heavy atom. The van der Waals surface area contributed by atoms with Gasteiger partial charge in [-0.15, -0.1) is 0 Å². The van der Waals surface area contributed by atoms with E-state index in [1.54, 1.807) is 24.6 Å². The quantitative estimate of drug-likeness (QED) is 0.800. The van der Waals surface area contributed by atoms with Crippen LogP contribution in [0.5, 0.6) is 0 Å². The van der Waals surface area contributed by atoms with E-state index in [1.807, 2.05) is 0 Å². The summed E-state index contributed by atoms with van der Waals surface area (Å²) in [4.78, 5) is 27.9. The molecule has 0 saturated carbocycles. The molecule has 0 radical (unpaired) electrons. The molecule has 0 saturated heterocycles. The Hall–Kier alpha value is -1.82. The summed E-state index contributed by atoms with van der Waals surface area (Å²) in [6, 6.07) is 0. The Labute approximate surface area is 108 Å². The highest BCUT2D eigenvalue weighted by Crippen LogP contribution is 2.07. The van der Waals surface area contributed by atoms with Crippen LogP contribution in [0.25, 0.3) is 11.2 Å². The summed E-state index contributed by atoms with van der Waals surface area (Å²) in [7, 11) is 3.04. The van der Waals surface area contributed by atoms with Crippen LogP contribution >= 0.6 is 11.6 Å². The fourth-order valence-corrected chi connectivity index (χ4v) is 1.83. The number of allylic oxidation sites excluding steroid dienone is 2. The number of imidazole rings is 1. The third-order valence-electron chi connectivity index (χ3n) is 2.79. The summed E-state index contributed by atoms with van der Waals surface area (Å²) < 4.78 is 4.09. The van der Waals surface area contributed by atoms with Gasteiger partial charge in [-0.25, -0.2) is 9.78 Å². The van der Waals surface area contributed by atoms with Crippen LogP contribution in [0.1, 0.15) is 6.92 Å². The number of fused-ring (bicyclic) bond motifs is 1. The molecule has 0 spiro atoms. The van der Waals surface area contributed by atoms with Gasteiger partial charge in [0.05, 0.1) is 6.33 Å². The molecule has 0 amide bonds. The first-order valence-corrected chi connectivity index (χ1v) is 5.74. The Morgan fingerprint density at radius 3 is 2.67 bits per heavy atom. The van der Waals surface area contributed by atoms with Crippen LogP contribution in [0.2, 0.25) is 0 Å². The van der Waals surface area contributed by atoms with Crippen LogP contribution in [0.15, 0.2) is 27.0 Å². The standard InChI is InChI=1S/C11H13ClN4O2/c1-7(12)4-5-16-6-13-9-8(16)10(17)15(3)11(18)14(9)2/h4,6H,5H2,1-3H3/b7-4+. The number of halogens is 1. The van der Waals surface area contributed by atoms with Gasteiger partial charge < -0.3 is 4.57 Å². The molecule has 0 bridgehead atoms. The highest BCUT2D eigenvalue weighted by Gasteiger charge is 2.13. The van der Waals surface area contributed by atoms with Crippen LogP contribution in [0.3, 0.4) is 0 Å². The summed E-state index contributed by atoms with van der Waals surface area (Å²) >= 11 is 5.76. The van der Waals surface area contributed by atoms with Gasteiger partial charge in [0.2, 0.25) is 0 Å². The zero-order valence-electron chi connectivity index (χ0n) is 10.3. The fourth-order valence-electron chi connectivity index (χ4n) is 1.76. The zero-order chi connectivity index (χ0) is 13.4. The van der Waals surface area contributed by atoms with Gasteiger partial charge in [0.25, 0.3) is 5.56 Å². The van der Waals surface area contributed by atoms with E-state index in [0.29, 0.717) is 22.7 Å². The second-order valence-corrected chi connectivity index (χ2v) is 4.66. The van der Waals surface area contributed by atoms with E-state index < -0.39 is 0 Å². The average Bonchev–Trinajstić information content (AvgIpc) is 2.75. The highest BCUT2D eigenvalue weighted by atomic mass is 35.5. The molecule has 96 valence electrons. The van der Waals surface area contributed by atoms with Gasteiger partial charge in [-0.1, -0.05) is 17.7 Å². The Kier molecular flexibility index (Phi) is 3.13. The van der Waals surface area contributed by atoms with Crippen molar-refractivity contribution >= 4 is 22.8 Å². The van der Waals surface area contributed by atoms with Gasteiger partial charge in [-0.05, 0) is 6.92 Å². The maximum atomic E-state index is 12.1. The molecule has 7 heteroatoms. The minimum atomic E-state index is -0.387. The molecule has 0 aliphatic heterocycles. The molecule has 2 heterocycles. The largest absolute Gasteiger partial charge is 0.332 e. The van der Waals surface area contributed by atoms with Crippen molar-refractivity contribution in [3.63, 3.8) is 0 Å². The maximum Gasteiger partial charge on any atom is 0.332 e. The first-order valence-electron chi connectivity index (χ1n) is 5.36. The van der Waals surface area contributed by atoms with Gasteiger partial charge >= 0.3 is 5.69 Å². The molecule has 2 aromatic rings. The van der Waals surface area contributed by atoms with Crippen molar-refractivity contribution < 1.29 is 0 Å². The number of hydrogen-bond acceptors (Lipinski definition) is 3. The lowest BCUT2D eigenvalue weighted by Crippen LogP contribution is -2.37. The van der Waals surface area contributed by atoms with E-state index >= 15 is 0 Å². The molecule has 0 aliphatic rings. The van der Waals surface area contributed by atoms with Crippen LogP contribution in [-0.4, -0.2) is 18.7 Å². The van der Waals surface area contributed by atoms with E-state index in [1.165, 1.54) is 17.9 Å². The van der Waals surface area contributed by atoms with Gasteiger partial charge in [0.1, 0.15) is 0 Å². The Morgan fingerprint density at radius 2 is 2.06 bits per heavy atom. The average molecular weight is 269 g/mol. The number of aromatic nitrogens is 4. The molecule has 0 fully saturated rings. The van der Waals surface area contributed by atoms with Crippen LogP contribution in [0.4, 0.5) is 0 Å². The Balaban J connectivity index is 2.78. The number of hydrogen-bond donors (Lipinski definition) is 0. The van der Waals surface area contributed by atoms with Gasteiger partial charge in [0, 0.05) is 25.7 Å². The zero-order valence-corrected chi connectivity index (χ0v) is 11.1. The lowest BCUT2D eigenvalue weighted by atomic mass is 10.4. The van der Waals surface area contributed by atoms with Crippen molar-refractivity contribution in [2.45, 2.75) is 13.5 Å². The lowest BCUT2D eigenvalue weighted by molar-refractivity contribution is 0.703. The van der Waals surface area contributed by atoms with Crippen molar-refractivity contribution in [1.82, 2.24) is 18.7 Å². The lowest BCUT2D eigenvalue weighted by Gasteiger charge is -2.04. The monoisotopic (exact) mass is 268 g/mol. The third-order valence-corrected chi connectivity index (χ3v) is 2.94. The van der Waals surface area contributed by atoms with Crippen molar-refractivity contribution in [2.75, 3.05) is 0 Å². The summed E-state index contributed by atoms with van der Waals surface area (Å²) in [5, 5.41) is 0.637. The van der Waals surface area contributed by atoms with Crippen LogP contribution < -0.4 is 11.2 Å². The third kappa shape index (κ3) is 1.88. The van der Waals surface area contributed by atoms with Crippen molar-refractivity contribution in [3.8, 4) is 0 Å². The summed E-state index contributed by atoms with van der Waals surface area (Å²) in [5.74, 6) is 0. The minimum absolute atomic E-state index is 0.355. The molecule has 0 aromatic carbocycles. The predicted octanol–water partition coefficient (Wildman–Crippen LogP) is 0.576. The van der Waals surface area contributed by atoms with Crippen molar-refractivity contribution in [1.29, 1.82) is 0 Å². The normalized spacial score (nSPS) is 12.3. The SMILES string of the molecule is C/C(Cl)=C\Cn1cnc2c1c(=O)n(C)c(=O)n2C. The van der Waals surface area contributed by atoms with Gasteiger partial charge in [0.15, 0.2) is 11.2 Å². The van der Waals surface area contributed by atoms with Gasteiger partial charge in [-0.2, -0.15) is 0 Å². The molecule has 0 atom stereocenters. The smallest absolute Gasteiger partial charge is 0.321 e. The maximum absolute atomic E-state index is 12.1. The summed E-state index contributed by atoms with van der Waals surface area (Å²) in [6.07, 6.45) is 3.30. The fraction of sp³-hybridized carbons (Fsp3) is 0.364. The second-order valence-electron chi connectivity index (χ2n) is 4.07. The van der Waals surface area contributed by atoms with E-state index in [-0.39, 0.29) is 11.2 Å². The number of rotatable bonds is 2. The van der Waals surface area contributed by atoms with Gasteiger partial charge in [-0.3, -0.25) is 13.9 Å². The molecule has 0 N–H and O–H groups in total. The molecule has 0 unspecified atom stereocenters. The van der Waals surface area contributed by atoms with E-state index in [9.17, 15) is 9.59 Å². The summed E-state index contributed by atoms with van der Waals surface area (Å²) in [5.41, 5.74) is 0.0329. The van der Waals surface area contributed by atoms with E-state index in [2.05, 4.69) is 4.98 Å². The highest BCUT2D eigenvalue weighted by molar-refractivity contribution is 6.29. The predicted molar refractivity (Wildman–Crippen MR) is 69.8 cm³/mol. The van der Waals surface area contributed by atoms with Crippen LogP contribution in [-0.2, 0) is 20.6 Å². The molecule has 0 aliphatic carbocycles. The van der Waals surface area contributed by atoms with Crippen LogP contribution in [0, 0.1) is 0 Å². The molecule has 2 rings (SSSR count). The van der Waals surface area contributed by atoms with E-state index in [0.717, 1.165) is 4.57 Å². The molecule has 6 nitrogen and oxygen atoms in total. The first kappa shape index (κ1) is 12.6. The molecule has 2 aromatic heterocycles. The first-order chi connectivity index (χ1) is 8.43.